The Labute approximate surface area is 117 Å². The van der Waals surface area contributed by atoms with Crippen LogP contribution in [0, 0.1) is 6.92 Å². The molecular weight excluding hydrogens is 252 g/mol. The molecule has 2 nitrogen and oxygen atoms in total. The summed E-state index contributed by atoms with van der Waals surface area (Å²) in [5, 5.41) is 4.30. The minimum absolute atomic E-state index is 0.927. The Morgan fingerprint density at radius 3 is 2.47 bits per heavy atom. The lowest BCUT2D eigenvalue weighted by atomic mass is 10.1. The van der Waals surface area contributed by atoms with Crippen molar-refractivity contribution in [1.29, 1.82) is 0 Å². The topological polar surface area (TPSA) is 8.81 Å². The maximum Gasteiger partial charge on any atom is 0.253 e. The van der Waals surface area contributed by atoms with Gasteiger partial charge in [-0.1, -0.05) is 24.3 Å². The Kier molecular flexibility index (Phi) is 3.22. The van der Waals surface area contributed by atoms with E-state index in [1.54, 1.807) is 11.3 Å². The van der Waals surface area contributed by atoms with Crippen molar-refractivity contribution in [2.24, 2.45) is 7.05 Å². The van der Waals surface area contributed by atoms with Gasteiger partial charge in [0.2, 0.25) is 0 Å². The van der Waals surface area contributed by atoms with Gasteiger partial charge in [0.15, 0.2) is 0 Å². The third kappa shape index (κ3) is 2.47. The summed E-state index contributed by atoms with van der Waals surface area (Å²) in [5.74, 6) is 1.27. The predicted octanol–water partition coefficient (Wildman–Crippen LogP) is 3.40. The summed E-state index contributed by atoms with van der Waals surface area (Å²) in [5.41, 5.74) is 3.93. The molecule has 0 aliphatic carbocycles. The Morgan fingerprint density at radius 2 is 1.89 bits per heavy atom. The Balaban J connectivity index is 1.82. The predicted molar refractivity (Wildman–Crippen MR) is 79.2 cm³/mol. The van der Waals surface area contributed by atoms with Crippen LogP contribution in [0.15, 0.2) is 53.5 Å². The van der Waals surface area contributed by atoms with Crippen LogP contribution >= 0.6 is 11.3 Å². The first-order valence-corrected chi connectivity index (χ1v) is 7.31. The number of hydrogen-bond acceptors (Lipinski definition) is 1. The van der Waals surface area contributed by atoms with Crippen molar-refractivity contribution in [2.75, 3.05) is 0 Å². The minimum Gasteiger partial charge on any atom is -0.237 e. The number of rotatable bonds is 3. The van der Waals surface area contributed by atoms with Crippen molar-refractivity contribution in [3.8, 4) is 11.1 Å². The van der Waals surface area contributed by atoms with Gasteiger partial charge in [0.05, 0.1) is 7.05 Å². The first-order chi connectivity index (χ1) is 9.24. The van der Waals surface area contributed by atoms with Crippen LogP contribution < -0.4 is 4.57 Å². The number of aryl methyl sites for hydroxylation is 1. The highest BCUT2D eigenvalue weighted by atomic mass is 32.1. The number of hydrogen-bond donors (Lipinski definition) is 0. The molecule has 0 unspecified atom stereocenters. The van der Waals surface area contributed by atoms with Gasteiger partial charge in [0.25, 0.3) is 5.82 Å². The molecule has 0 atom stereocenters. The molecule has 96 valence electrons. The van der Waals surface area contributed by atoms with Gasteiger partial charge >= 0.3 is 0 Å². The molecule has 0 saturated heterocycles. The zero-order valence-electron chi connectivity index (χ0n) is 11.2. The van der Waals surface area contributed by atoms with Crippen LogP contribution in [0.4, 0.5) is 0 Å². The largest absolute Gasteiger partial charge is 0.253 e. The van der Waals surface area contributed by atoms with Gasteiger partial charge in [-0.3, -0.25) is 0 Å². The maximum absolute atomic E-state index is 2.26. The molecule has 3 heteroatoms. The van der Waals surface area contributed by atoms with Crippen molar-refractivity contribution in [3.63, 3.8) is 0 Å². The van der Waals surface area contributed by atoms with Crippen LogP contribution in [0.25, 0.3) is 11.1 Å². The molecule has 3 rings (SSSR count). The van der Waals surface area contributed by atoms with E-state index < -0.39 is 0 Å². The van der Waals surface area contributed by atoms with Crippen LogP contribution in [0.1, 0.15) is 11.4 Å². The molecule has 0 saturated carbocycles. The van der Waals surface area contributed by atoms with E-state index in [9.17, 15) is 0 Å². The van der Waals surface area contributed by atoms with E-state index in [1.807, 2.05) is 0 Å². The molecule has 0 aliphatic rings. The molecule has 0 spiro atoms. The molecule has 0 radical (unpaired) electrons. The highest BCUT2D eigenvalue weighted by Crippen LogP contribution is 2.22. The van der Waals surface area contributed by atoms with Crippen LogP contribution in [0.2, 0.25) is 0 Å². The van der Waals surface area contributed by atoms with Gasteiger partial charge in [0, 0.05) is 6.92 Å². The van der Waals surface area contributed by atoms with E-state index in [1.165, 1.54) is 22.5 Å². The minimum atomic E-state index is 0.927. The number of nitrogens with zero attached hydrogens (tertiary/aromatic N) is 2. The number of thiophene rings is 1. The molecule has 0 aliphatic heterocycles. The van der Waals surface area contributed by atoms with Crippen LogP contribution in [0.3, 0.4) is 0 Å². The van der Waals surface area contributed by atoms with Crippen LogP contribution in [-0.4, -0.2) is 4.57 Å². The fraction of sp³-hybridized carbons (Fsp3) is 0.188. The molecule has 2 heterocycles. The summed E-state index contributed by atoms with van der Waals surface area (Å²) >= 11 is 1.74. The van der Waals surface area contributed by atoms with E-state index in [0.717, 1.165) is 6.54 Å². The second-order valence-corrected chi connectivity index (χ2v) is 5.57. The van der Waals surface area contributed by atoms with Crippen molar-refractivity contribution >= 4 is 11.3 Å². The first kappa shape index (κ1) is 12.2. The monoisotopic (exact) mass is 269 g/mol. The van der Waals surface area contributed by atoms with E-state index in [0.29, 0.717) is 0 Å². The third-order valence-electron chi connectivity index (χ3n) is 3.56. The number of benzene rings is 1. The summed E-state index contributed by atoms with van der Waals surface area (Å²) in [7, 11) is 2.07. The number of aromatic nitrogens is 2. The smallest absolute Gasteiger partial charge is 0.237 e. The fourth-order valence-electron chi connectivity index (χ4n) is 2.19. The maximum atomic E-state index is 2.26. The summed E-state index contributed by atoms with van der Waals surface area (Å²) in [4.78, 5) is 0. The SMILES string of the molecule is Cc1n(Cc2ccc(-c3ccsc3)cc2)cc[n+]1C. The number of imidazole rings is 1. The Bertz CT molecular complexity index is 663. The molecule has 1 aromatic carbocycles. The summed E-state index contributed by atoms with van der Waals surface area (Å²) < 4.78 is 4.40. The summed E-state index contributed by atoms with van der Waals surface area (Å²) in [6.45, 7) is 3.07. The molecule has 19 heavy (non-hydrogen) atoms. The normalized spacial score (nSPS) is 10.8. The van der Waals surface area contributed by atoms with E-state index in [-0.39, 0.29) is 0 Å². The van der Waals surface area contributed by atoms with E-state index >= 15 is 0 Å². The van der Waals surface area contributed by atoms with E-state index in [4.69, 9.17) is 0 Å². The second kappa shape index (κ2) is 5.02. The van der Waals surface area contributed by atoms with Gasteiger partial charge in [-0.15, -0.1) is 0 Å². The lowest BCUT2D eigenvalue weighted by Crippen LogP contribution is -2.29. The molecule has 3 aromatic rings. The second-order valence-electron chi connectivity index (χ2n) is 4.79. The fourth-order valence-corrected chi connectivity index (χ4v) is 2.86. The van der Waals surface area contributed by atoms with E-state index in [2.05, 4.69) is 76.6 Å². The Morgan fingerprint density at radius 1 is 1.11 bits per heavy atom. The van der Waals surface area contributed by atoms with Crippen LogP contribution in [-0.2, 0) is 13.6 Å². The van der Waals surface area contributed by atoms with Crippen molar-refractivity contribution in [2.45, 2.75) is 13.5 Å². The average Bonchev–Trinajstić information content (AvgIpc) is 3.06. The standard InChI is InChI=1S/C16H17N2S/c1-13-17(2)8-9-18(13)11-14-3-5-15(6-4-14)16-7-10-19-12-16/h3-10,12H,11H2,1-2H3/q+1. The lowest BCUT2D eigenvalue weighted by molar-refractivity contribution is -0.677. The molecule has 0 amide bonds. The molecular formula is C16H17N2S+. The highest BCUT2D eigenvalue weighted by Gasteiger charge is 2.09. The first-order valence-electron chi connectivity index (χ1n) is 6.37. The summed E-state index contributed by atoms with van der Waals surface area (Å²) in [6.07, 6.45) is 4.22. The zero-order valence-corrected chi connectivity index (χ0v) is 12.0. The van der Waals surface area contributed by atoms with Gasteiger partial charge in [-0.05, 0) is 33.5 Å². The molecule has 2 aromatic heterocycles. The van der Waals surface area contributed by atoms with Gasteiger partial charge in [0.1, 0.15) is 18.9 Å². The average molecular weight is 269 g/mol. The quantitative estimate of drug-likeness (QED) is 0.644. The zero-order chi connectivity index (χ0) is 13.2. The van der Waals surface area contributed by atoms with Crippen molar-refractivity contribution in [1.82, 2.24) is 4.57 Å². The molecule has 0 fully saturated rings. The molecule has 0 N–H and O–H groups in total. The highest BCUT2D eigenvalue weighted by molar-refractivity contribution is 7.08. The molecule has 0 bridgehead atoms. The van der Waals surface area contributed by atoms with Gasteiger partial charge < -0.3 is 0 Å². The Hall–Kier alpha value is -1.87. The van der Waals surface area contributed by atoms with Crippen LogP contribution in [0.5, 0.6) is 0 Å². The van der Waals surface area contributed by atoms with Gasteiger partial charge in [-0.2, -0.15) is 11.3 Å². The van der Waals surface area contributed by atoms with Crippen molar-refractivity contribution in [3.05, 3.63) is 64.9 Å². The summed E-state index contributed by atoms with van der Waals surface area (Å²) in [6, 6.07) is 11.0. The third-order valence-corrected chi connectivity index (χ3v) is 4.24. The lowest BCUT2D eigenvalue weighted by Gasteiger charge is -2.02. The van der Waals surface area contributed by atoms with Crippen molar-refractivity contribution < 1.29 is 4.57 Å². The van der Waals surface area contributed by atoms with Gasteiger partial charge in [-0.25, -0.2) is 9.13 Å².